The fourth-order valence-electron chi connectivity index (χ4n) is 2.23. The Kier molecular flexibility index (Phi) is 5.01. The second-order valence-corrected chi connectivity index (χ2v) is 6.73. The Morgan fingerprint density at radius 2 is 1.91 bits per heavy atom. The van der Waals surface area contributed by atoms with Crippen LogP contribution in [0.1, 0.15) is 38.6 Å². The Bertz CT molecular complexity index is 624. The van der Waals surface area contributed by atoms with Crippen LogP contribution in [-0.2, 0) is 11.2 Å². The van der Waals surface area contributed by atoms with Crippen LogP contribution in [-0.4, -0.2) is 17.4 Å². The lowest BCUT2D eigenvalue weighted by molar-refractivity contribution is -0.122. The van der Waals surface area contributed by atoms with Gasteiger partial charge in [-0.15, -0.1) is 0 Å². The van der Waals surface area contributed by atoms with Crippen molar-refractivity contribution >= 4 is 5.91 Å². The van der Waals surface area contributed by atoms with E-state index < -0.39 is 0 Å². The van der Waals surface area contributed by atoms with Crippen molar-refractivity contribution in [3.8, 4) is 11.5 Å². The van der Waals surface area contributed by atoms with Crippen LogP contribution in [0.15, 0.2) is 34.7 Å². The SMILES string of the molecule is Cc1oc(-c2ccccc2)nc1CCNC(=O)CC(C)(C)C. The van der Waals surface area contributed by atoms with Crippen LogP contribution in [0.5, 0.6) is 0 Å². The molecule has 1 amide bonds. The maximum atomic E-state index is 11.8. The predicted molar refractivity (Wildman–Crippen MR) is 87.5 cm³/mol. The number of nitrogens with one attached hydrogen (secondary N) is 1. The Morgan fingerprint density at radius 1 is 1.23 bits per heavy atom. The maximum Gasteiger partial charge on any atom is 0.226 e. The molecule has 0 aliphatic rings. The van der Waals surface area contributed by atoms with Gasteiger partial charge in [-0.2, -0.15) is 0 Å². The highest BCUT2D eigenvalue weighted by Gasteiger charge is 2.16. The number of aromatic nitrogens is 1. The number of carbonyl (C=O) groups excluding carboxylic acids is 1. The summed E-state index contributed by atoms with van der Waals surface area (Å²) >= 11 is 0. The molecule has 118 valence electrons. The molecular formula is C18H24N2O2. The van der Waals surface area contributed by atoms with Crippen molar-refractivity contribution in [3.05, 3.63) is 41.8 Å². The Labute approximate surface area is 131 Å². The van der Waals surface area contributed by atoms with E-state index in [1.54, 1.807) is 0 Å². The van der Waals surface area contributed by atoms with Gasteiger partial charge in [0.1, 0.15) is 5.76 Å². The summed E-state index contributed by atoms with van der Waals surface area (Å²) in [6.45, 7) is 8.66. The van der Waals surface area contributed by atoms with E-state index in [-0.39, 0.29) is 11.3 Å². The lowest BCUT2D eigenvalue weighted by Gasteiger charge is -2.17. The lowest BCUT2D eigenvalue weighted by Crippen LogP contribution is -2.29. The minimum absolute atomic E-state index is 0.00830. The van der Waals surface area contributed by atoms with Crippen LogP contribution in [0, 0.1) is 12.3 Å². The lowest BCUT2D eigenvalue weighted by atomic mass is 9.92. The van der Waals surface area contributed by atoms with Crippen molar-refractivity contribution in [1.82, 2.24) is 10.3 Å². The van der Waals surface area contributed by atoms with Gasteiger partial charge in [0.05, 0.1) is 5.69 Å². The number of rotatable bonds is 5. The molecule has 2 aromatic rings. The molecule has 4 nitrogen and oxygen atoms in total. The highest BCUT2D eigenvalue weighted by molar-refractivity contribution is 5.76. The van der Waals surface area contributed by atoms with Gasteiger partial charge in [-0.05, 0) is 24.5 Å². The zero-order valence-corrected chi connectivity index (χ0v) is 13.8. The summed E-state index contributed by atoms with van der Waals surface area (Å²) in [5.74, 6) is 1.52. The molecule has 1 heterocycles. The van der Waals surface area contributed by atoms with E-state index >= 15 is 0 Å². The van der Waals surface area contributed by atoms with E-state index in [9.17, 15) is 4.79 Å². The quantitative estimate of drug-likeness (QED) is 0.915. The van der Waals surface area contributed by atoms with Crippen LogP contribution < -0.4 is 5.32 Å². The first kappa shape index (κ1) is 16.3. The monoisotopic (exact) mass is 300 g/mol. The van der Waals surface area contributed by atoms with Crippen molar-refractivity contribution in [3.63, 3.8) is 0 Å². The second kappa shape index (κ2) is 6.77. The van der Waals surface area contributed by atoms with Gasteiger partial charge in [0.2, 0.25) is 11.8 Å². The van der Waals surface area contributed by atoms with Crippen LogP contribution in [0.4, 0.5) is 0 Å². The molecule has 0 atom stereocenters. The van der Waals surface area contributed by atoms with Crippen LogP contribution >= 0.6 is 0 Å². The highest BCUT2D eigenvalue weighted by atomic mass is 16.4. The number of oxazole rings is 1. The molecule has 2 rings (SSSR count). The van der Waals surface area contributed by atoms with Gasteiger partial charge >= 0.3 is 0 Å². The molecule has 0 aliphatic heterocycles. The van der Waals surface area contributed by atoms with Crippen LogP contribution in [0.2, 0.25) is 0 Å². The molecule has 1 aromatic heterocycles. The number of amides is 1. The minimum atomic E-state index is 0.00830. The van der Waals surface area contributed by atoms with E-state index in [0.29, 0.717) is 25.3 Å². The van der Waals surface area contributed by atoms with Gasteiger partial charge in [-0.1, -0.05) is 39.0 Å². The summed E-state index contributed by atoms with van der Waals surface area (Å²) in [5, 5.41) is 2.94. The average molecular weight is 300 g/mol. The summed E-state index contributed by atoms with van der Waals surface area (Å²) in [5.41, 5.74) is 1.87. The fourth-order valence-corrected chi connectivity index (χ4v) is 2.23. The Morgan fingerprint density at radius 3 is 2.55 bits per heavy atom. The van der Waals surface area contributed by atoms with E-state index in [4.69, 9.17) is 4.42 Å². The van der Waals surface area contributed by atoms with E-state index in [0.717, 1.165) is 17.0 Å². The molecule has 0 unspecified atom stereocenters. The van der Waals surface area contributed by atoms with Crippen molar-refractivity contribution in [1.29, 1.82) is 0 Å². The Balaban J connectivity index is 1.92. The number of benzene rings is 1. The van der Waals surface area contributed by atoms with Gasteiger partial charge in [0.15, 0.2) is 0 Å². The normalized spacial score (nSPS) is 11.5. The maximum absolute atomic E-state index is 11.8. The minimum Gasteiger partial charge on any atom is -0.441 e. The molecule has 0 spiro atoms. The van der Waals surface area contributed by atoms with E-state index in [1.807, 2.05) is 37.3 Å². The third-order valence-corrected chi connectivity index (χ3v) is 3.29. The molecule has 0 aliphatic carbocycles. The van der Waals surface area contributed by atoms with Gasteiger partial charge in [-0.3, -0.25) is 4.79 Å². The average Bonchev–Trinajstić information content (AvgIpc) is 2.79. The molecule has 22 heavy (non-hydrogen) atoms. The largest absolute Gasteiger partial charge is 0.441 e. The van der Waals surface area contributed by atoms with Gasteiger partial charge in [0, 0.05) is 24.9 Å². The molecule has 0 fully saturated rings. The molecule has 4 heteroatoms. The van der Waals surface area contributed by atoms with E-state index in [1.165, 1.54) is 0 Å². The number of nitrogens with zero attached hydrogens (tertiary/aromatic N) is 1. The summed E-state index contributed by atoms with van der Waals surface area (Å²) < 4.78 is 5.71. The van der Waals surface area contributed by atoms with Gasteiger partial charge in [0.25, 0.3) is 0 Å². The summed E-state index contributed by atoms with van der Waals surface area (Å²) in [4.78, 5) is 16.3. The van der Waals surface area contributed by atoms with Gasteiger partial charge in [-0.25, -0.2) is 4.98 Å². The zero-order valence-electron chi connectivity index (χ0n) is 13.8. The third kappa shape index (κ3) is 4.72. The number of hydrogen-bond donors (Lipinski definition) is 1. The molecule has 0 bridgehead atoms. The smallest absolute Gasteiger partial charge is 0.226 e. The molecule has 0 saturated heterocycles. The predicted octanol–water partition coefficient (Wildman–Crippen LogP) is 3.74. The first-order valence-corrected chi connectivity index (χ1v) is 7.63. The molecule has 0 radical (unpaired) electrons. The fraction of sp³-hybridized carbons (Fsp3) is 0.444. The second-order valence-electron chi connectivity index (χ2n) is 6.73. The number of carbonyl (C=O) groups is 1. The first-order chi connectivity index (χ1) is 10.3. The third-order valence-electron chi connectivity index (χ3n) is 3.29. The van der Waals surface area contributed by atoms with Gasteiger partial charge < -0.3 is 9.73 Å². The highest BCUT2D eigenvalue weighted by Crippen LogP contribution is 2.21. The summed E-state index contributed by atoms with van der Waals surface area (Å²) in [7, 11) is 0. The molecule has 0 saturated carbocycles. The first-order valence-electron chi connectivity index (χ1n) is 7.63. The van der Waals surface area contributed by atoms with Crippen molar-refractivity contribution in [2.45, 2.75) is 40.5 Å². The number of aryl methyl sites for hydroxylation is 1. The topological polar surface area (TPSA) is 55.1 Å². The standard InChI is InChI=1S/C18H24N2O2/c1-13-15(10-11-19-16(21)12-18(2,3)4)20-17(22-13)14-8-6-5-7-9-14/h5-9H,10-12H2,1-4H3,(H,19,21). The van der Waals surface area contributed by atoms with Crippen LogP contribution in [0.25, 0.3) is 11.5 Å². The van der Waals surface area contributed by atoms with E-state index in [2.05, 4.69) is 31.1 Å². The number of hydrogen-bond acceptors (Lipinski definition) is 3. The molecular weight excluding hydrogens is 276 g/mol. The van der Waals surface area contributed by atoms with Crippen molar-refractivity contribution in [2.24, 2.45) is 5.41 Å². The van der Waals surface area contributed by atoms with Crippen LogP contribution in [0.3, 0.4) is 0 Å². The van der Waals surface area contributed by atoms with Crippen molar-refractivity contribution < 1.29 is 9.21 Å². The zero-order chi connectivity index (χ0) is 16.2. The summed E-state index contributed by atoms with van der Waals surface area (Å²) in [6.07, 6.45) is 1.21. The molecule has 1 N–H and O–H groups in total. The van der Waals surface area contributed by atoms with Crippen molar-refractivity contribution in [2.75, 3.05) is 6.54 Å². The molecule has 1 aromatic carbocycles. The summed E-state index contributed by atoms with van der Waals surface area (Å²) in [6, 6.07) is 9.83. The Hall–Kier alpha value is -2.10.